The van der Waals surface area contributed by atoms with Crippen molar-refractivity contribution in [3.8, 4) is 0 Å². The molecule has 8 heteroatoms. The van der Waals surface area contributed by atoms with Gasteiger partial charge in [-0.2, -0.15) is 0 Å². The Bertz CT molecular complexity index is 719. The van der Waals surface area contributed by atoms with E-state index in [1.54, 1.807) is 18.1 Å². The number of pyridine rings is 1. The van der Waals surface area contributed by atoms with Crippen LogP contribution >= 0.6 is 0 Å². The van der Waals surface area contributed by atoms with Gasteiger partial charge in [-0.15, -0.1) is 0 Å². The van der Waals surface area contributed by atoms with Crippen LogP contribution in [-0.4, -0.2) is 71.1 Å². The summed E-state index contributed by atoms with van der Waals surface area (Å²) in [6, 6.07) is 3.92. The van der Waals surface area contributed by atoms with Gasteiger partial charge in [-0.25, -0.2) is 14.8 Å². The number of likely N-dealkylation sites (N-methyl/N-ethyl adjacent to an activating group) is 1. The fourth-order valence-electron chi connectivity index (χ4n) is 2.90. The first kappa shape index (κ1) is 18.2. The highest BCUT2D eigenvalue weighted by atomic mass is 16.2. The van der Waals surface area contributed by atoms with Crippen molar-refractivity contribution < 1.29 is 4.79 Å². The van der Waals surface area contributed by atoms with Gasteiger partial charge in [0, 0.05) is 57.9 Å². The molecule has 0 saturated carbocycles. The van der Waals surface area contributed by atoms with Crippen molar-refractivity contribution >= 4 is 11.8 Å². The van der Waals surface area contributed by atoms with Gasteiger partial charge in [0.25, 0.3) is 0 Å². The highest BCUT2D eigenvalue weighted by Crippen LogP contribution is 2.13. The third-order valence-electron chi connectivity index (χ3n) is 4.57. The predicted octanol–water partition coefficient (Wildman–Crippen LogP) is 1.21. The molecule has 0 radical (unpaired) electrons. The van der Waals surface area contributed by atoms with Gasteiger partial charge in [0.1, 0.15) is 11.6 Å². The quantitative estimate of drug-likeness (QED) is 0.841. The number of carbonyl (C=O) groups excluding carboxylic acids is 1. The molecule has 0 spiro atoms. The maximum Gasteiger partial charge on any atom is 0.317 e. The summed E-state index contributed by atoms with van der Waals surface area (Å²) in [5.41, 5.74) is 1.97. The van der Waals surface area contributed by atoms with Crippen molar-refractivity contribution in [3.63, 3.8) is 0 Å². The number of aromatic nitrogens is 3. The molecule has 2 aromatic heterocycles. The smallest absolute Gasteiger partial charge is 0.317 e. The first-order valence-corrected chi connectivity index (χ1v) is 8.89. The van der Waals surface area contributed by atoms with Gasteiger partial charge < -0.3 is 25.0 Å². The van der Waals surface area contributed by atoms with Crippen molar-refractivity contribution in [1.29, 1.82) is 0 Å². The third-order valence-corrected chi connectivity index (χ3v) is 4.57. The molecule has 8 nitrogen and oxygen atoms in total. The lowest BCUT2D eigenvalue weighted by Crippen LogP contribution is -2.44. The number of piperazine rings is 1. The van der Waals surface area contributed by atoms with E-state index < -0.39 is 0 Å². The average molecular weight is 357 g/mol. The van der Waals surface area contributed by atoms with Gasteiger partial charge in [-0.3, -0.25) is 0 Å². The third kappa shape index (κ3) is 4.72. The van der Waals surface area contributed by atoms with E-state index in [2.05, 4.69) is 37.1 Å². The molecular formula is C18H27N7O. The van der Waals surface area contributed by atoms with Crippen LogP contribution in [0, 0.1) is 6.92 Å². The van der Waals surface area contributed by atoms with E-state index in [4.69, 9.17) is 0 Å². The first-order chi connectivity index (χ1) is 12.5. The highest BCUT2D eigenvalue weighted by Gasteiger charge is 2.15. The normalized spacial score (nSPS) is 15.1. The van der Waals surface area contributed by atoms with Gasteiger partial charge >= 0.3 is 6.03 Å². The lowest BCUT2D eigenvalue weighted by atomic mass is 10.2. The summed E-state index contributed by atoms with van der Waals surface area (Å²) in [5.74, 6) is 1.77. The van der Waals surface area contributed by atoms with Crippen LogP contribution in [0.15, 0.2) is 24.5 Å². The highest BCUT2D eigenvalue weighted by molar-refractivity contribution is 5.73. The monoisotopic (exact) mass is 357 g/mol. The van der Waals surface area contributed by atoms with E-state index in [1.807, 2.05) is 25.3 Å². The van der Waals surface area contributed by atoms with Crippen LogP contribution in [0.25, 0.3) is 0 Å². The first-order valence-electron chi connectivity index (χ1n) is 8.89. The molecule has 140 valence electrons. The van der Waals surface area contributed by atoms with Crippen LogP contribution in [0.1, 0.15) is 17.1 Å². The van der Waals surface area contributed by atoms with Crippen LogP contribution in [0.4, 0.5) is 10.6 Å². The minimum atomic E-state index is -0.137. The van der Waals surface area contributed by atoms with Gasteiger partial charge in [-0.05, 0) is 25.6 Å². The maximum atomic E-state index is 12.2. The summed E-state index contributed by atoms with van der Waals surface area (Å²) < 4.78 is 0. The molecule has 1 fully saturated rings. The molecule has 3 heterocycles. The fraction of sp³-hybridized carbons (Fsp3) is 0.500. The van der Waals surface area contributed by atoms with Crippen LogP contribution in [0.2, 0.25) is 0 Å². The van der Waals surface area contributed by atoms with Crippen LogP contribution in [0.3, 0.4) is 0 Å². The Morgan fingerprint density at radius 2 is 2.00 bits per heavy atom. The molecule has 1 aliphatic heterocycles. The Labute approximate surface area is 154 Å². The number of rotatable bonds is 5. The number of imidazole rings is 1. The van der Waals surface area contributed by atoms with Crippen LogP contribution in [0.5, 0.6) is 0 Å². The number of aryl methyl sites for hydroxylation is 1. The Morgan fingerprint density at radius 1 is 1.23 bits per heavy atom. The molecule has 0 bridgehead atoms. The van der Waals surface area contributed by atoms with Crippen LogP contribution < -0.4 is 10.2 Å². The maximum absolute atomic E-state index is 12.2. The number of nitrogens with one attached hydrogen (secondary N) is 2. The number of hydrogen-bond acceptors (Lipinski definition) is 5. The van der Waals surface area contributed by atoms with E-state index in [1.165, 1.54) is 0 Å². The Morgan fingerprint density at radius 3 is 2.62 bits per heavy atom. The van der Waals surface area contributed by atoms with Gasteiger partial charge in [0.15, 0.2) is 0 Å². The van der Waals surface area contributed by atoms with Crippen molar-refractivity contribution in [2.75, 3.05) is 45.2 Å². The van der Waals surface area contributed by atoms with E-state index in [9.17, 15) is 4.79 Å². The Kier molecular flexibility index (Phi) is 5.72. The number of H-pyrrole nitrogens is 1. The number of aromatic amines is 1. The fourth-order valence-corrected chi connectivity index (χ4v) is 2.90. The predicted molar refractivity (Wildman–Crippen MR) is 101 cm³/mol. The minimum absolute atomic E-state index is 0.137. The van der Waals surface area contributed by atoms with Gasteiger partial charge in [-0.1, -0.05) is 6.07 Å². The molecular weight excluding hydrogens is 330 g/mol. The number of carbonyl (C=O) groups is 1. The molecule has 1 saturated heterocycles. The summed E-state index contributed by atoms with van der Waals surface area (Å²) >= 11 is 0. The van der Waals surface area contributed by atoms with Crippen molar-refractivity contribution in [1.82, 2.24) is 30.1 Å². The molecule has 0 aliphatic carbocycles. The minimum Gasteiger partial charge on any atom is -0.354 e. The molecule has 2 N–H and O–H groups in total. The summed E-state index contributed by atoms with van der Waals surface area (Å²) in [6.07, 6.45) is 3.60. The molecule has 0 unspecified atom stereocenters. The van der Waals surface area contributed by atoms with Crippen molar-refractivity contribution in [3.05, 3.63) is 41.6 Å². The summed E-state index contributed by atoms with van der Waals surface area (Å²) in [5, 5.41) is 2.92. The summed E-state index contributed by atoms with van der Waals surface area (Å²) in [7, 11) is 3.89. The molecule has 1 aliphatic rings. The number of hydrogen-bond donors (Lipinski definition) is 2. The molecule has 0 atom stereocenters. The lowest BCUT2D eigenvalue weighted by molar-refractivity contribution is 0.205. The van der Waals surface area contributed by atoms with Crippen molar-refractivity contribution in [2.45, 2.75) is 20.0 Å². The second-order valence-corrected chi connectivity index (χ2v) is 6.84. The number of urea groups is 1. The Balaban J connectivity index is 1.47. The number of anilines is 1. The van der Waals surface area contributed by atoms with E-state index in [0.29, 0.717) is 13.1 Å². The summed E-state index contributed by atoms with van der Waals surface area (Å²) in [6.45, 7) is 6.95. The van der Waals surface area contributed by atoms with Gasteiger partial charge in [0.05, 0.1) is 6.54 Å². The second-order valence-electron chi connectivity index (χ2n) is 6.84. The largest absolute Gasteiger partial charge is 0.354 e. The average Bonchev–Trinajstić information content (AvgIpc) is 3.05. The SMILES string of the molecule is Cc1cnc(CN(C)C(=O)NCc2ccc(N3CCN(C)CC3)nc2)[nH]1. The zero-order chi connectivity index (χ0) is 18.5. The van der Waals surface area contributed by atoms with E-state index in [-0.39, 0.29) is 6.03 Å². The van der Waals surface area contributed by atoms with Gasteiger partial charge in [0.2, 0.25) is 0 Å². The lowest BCUT2D eigenvalue weighted by Gasteiger charge is -2.33. The van der Waals surface area contributed by atoms with E-state index in [0.717, 1.165) is 49.1 Å². The molecule has 3 rings (SSSR count). The molecule has 2 amide bonds. The summed E-state index contributed by atoms with van der Waals surface area (Å²) in [4.78, 5) is 30.3. The van der Waals surface area contributed by atoms with Crippen molar-refractivity contribution in [2.24, 2.45) is 0 Å². The topological polar surface area (TPSA) is 80.4 Å². The molecule has 26 heavy (non-hydrogen) atoms. The Hall–Kier alpha value is -2.61. The standard InChI is InChI=1S/C18H27N7O/c1-14-10-19-16(22-14)13-24(3)18(26)21-12-15-4-5-17(20-11-15)25-8-6-23(2)7-9-25/h4-5,10-11H,6-9,12-13H2,1-3H3,(H,19,22)(H,21,26). The zero-order valence-electron chi connectivity index (χ0n) is 15.7. The molecule has 0 aromatic carbocycles. The number of nitrogens with zero attached hydrogens (tertiary/aromatic N) is 5. The second kappa shape index (κ2) is 8.18. The zero-order valence-corrected chi connectivity index (χ0v) is 15.7. The van der Waals surface area contributed by atoms with E-state index >= 15 is 0 Å². The van der Waals surface area contributed by atoms with Crippen LogP contribution in [-0.2, 0) is 13.1 Å². The number of amides is 2. The molecule has 2 aromatic rings.